The molecule has 0 spiro atoms. The van der Waals surface area contributed by atoms with Crippen molar-refractivity contribution in [2.45, 2.75) is 31.8 Å². The van der Waals surface area contributed by atoms with Crippen molar-refractivity contribution in [3.05, 3.63) is 28.1 Å². The topological polar surface area (TPSA) is 76.0 Å². The van der Waals surface area contributed by atoms with Gasteiger partial charge in [-0.05, 0) is 30.8 Å². The number of carbonyl (C=O) groups is 1. The zero-order chi connectivity index (χ0) is 14.7. The van der Waals surface area contributed by atoms with Crippen LogP contribution in [0, 0.1) is 0 Å². The molecular weight excluding hydrogens is 288 g/mol. The Balaban J connectivity index is 1.54. The first-order valence-electron chi connectivity index (χ1n) is 7.17. The molecule has 1 fully saturated rings. The Hall–Kier alpha value is -1.73. The number of hydrogen-bond donors (Lipinski definition) is 2. The van der Waals surface area contributed by atoms with Crippen molar-refractivity contribution in [2.75, 3.05) is 13.1 Å². The van der Waals surface area contributed by atoms with Crippen molar-refractivity contribution < 1.29 is 4.79 Å². The Morgan fingerprint density at radius 2 is 2.48 bits per heavy atom. The van der Waals surface area contributed by atoms with Crippen LogP contribution in [0.15, 0.2) is 22.6 Å². The van der Waals surface area contributed by atoms with Crippen LogP contribution < -0.4 is 16.2 Å². The number of aryl methyl sites for hydroxylation is 1. The number of hydrogen-bond acceptors (Lipinski definition) is 5. The van der Waals surface area contributed by atoms with Gasteiger partial charge < -0.3 is 10.6 Å². The third kappa shape index (κ3) is 3.30. The summed E-state index contributed by atoms with van der Waals surface area (Å²) in [4.78, 5) is 29.0. The highest BCUT2D eigenvalue weighted by Crippen LogP contribution is 2.13. The second kappa shape index (κ2) is 6.36. The van der Waals surface area contributed by atoms with Crippen LogP contribution in [-0.2, 0) is 11.3 Å². The highest BCUT2D eigenvalue weighted by atomic mass is 32.1. The molecule has 2 aromatic heterocycles. The summed E-state index contributed by atoms with van der Waals surface area (Å²) in [5.74, 6) is -0.0268. The minimum atomic E-state index is -0.0773. The van der Waals surface area contributed by atoms with E-state index >= 15 is 0 Å². The number of fused-ring (bicyclic) bond motifs is 1. The fraction of sp³-hybridized carbons (Fsp3) is 0.500. The number of rotatable bonds is 5. The summed E-state index contributed by atoms with van der Waals surface area (Å²) < 4.78 is 1.50. The summed E-state index contributed by atoms with van der Waals surface area (Å²) >= 11 is 1.45. The van der Waals surface area contributed by atoms with Crippen molar-refractivity contribution >= 4 is 27.5 Å². The standard InChI is InChI=1S/C14H18N4O2S/c19-12(16-8-10-2-1-5-15-10)3-6-18-9-17-13-11(14(18)20)4-7-21-13/h4,7,9-10,15H,1-3,5-6,8H2,(H,16,19). The molecule has 1 aliphatic heterocycles. The summed E-state index contributed by atoms with van der Waals surface area (Å²) in [6.45, 7) is 2.05. The monoisotopic (exact) mass is 306 g/mol. The minimum absolute atomic E-state index is 0.0268. The van der Waals surface area contributed by atoms with Crippen molar-refractivity contribution in [1.82, 2.24) is 20.2 Å². The van der Waals surface area contributed by atoms with E-state index in [1.54, 1.807) is 6.07 Å². The fourth-order valence-corrected chi connectivity index (χ4v) is 3.25. The molecule has 1 saturated heterocycles. The molecule has 3 heterocycles. The van der Waals surface area contributed by atoms with E-state index in [1.807, 2.05) is 5.38 Å². The number of thiophene rings is 1. The smallest absolute Gasteiger partial charge is 0.262 e. The summed E-state index contributed by atoms with van der Waals surface area (Å²) in [6.07, 6.45) is 4.09. The Morgan fingerprint density at radius 1 is 1.57 bits per heavy atom. The largest absolute Gasteiger partial charge is 0.354 e. The SMILES string of the molecule is O=C(CCn1cnc2sccc2c1=O)NCC1CCCN1. The van der Waals surface area contributed by atoms with Crippen LogP contribution in [0.3, 0.4) is 0 Å². The van der Waals surface area contributed by atoms with E-state index in [1.165, 1.54) is 28.7 Å². The highest BCUT2D eigenvalue weighted by molar-refractivity contribution is 7.16. The van der Waals surface area contributed by atoms with E-state index in [0.717, 1.165) is 17.8 Å². The van der Waals surface area contributed by atoms with Gasteiger partial charge in [-0.1, -0.05) is 0 Å². The Bertz CT molecular complexity index is 688. The Labute approximate surface area is 126 Å². The van der Waals surface area contributed by atoms with E-state index in [0.29, 0.717) is 30.9 Å². The molecule has 2 N–H and O–H groups in total. The molecule has 0 bridgehead atoms. The van der Waals surface area contributed by atoms with Gasteiger partial charge in [0, 0.05) is 25.6 Å². The molecule has 7 heteroatoms. The number of nitrogens with zero attached hydrogens (tertiary/aromatic N) is 2. The molecule has 1 amide bonds. The lowest BCUT2D eigenvalue weighted by molar-refractivity contribution is -0.121. The summed E-state index contributed by atoms with van der Waals surface area (Å²) in [7, 11) is 0. The first-order valence-corrected chi connectivity index (χ1v) is 8.05. The zero-order valence-electron chi connectivity index (χ0n) is 11.7. The molecule has 0 saturated carbocycles. The molecule has 1 aliphatic rings. The molecule has 2 aromatic rings. The number of nitrogens with one attached hydrogen (secondary N) is 2. The maximum Gasteiger partial charge on any atom is 0.262 e. The first-order chi connectivity index (χ1) is 10.2. The van der Waals surface area contributed by atoms with E-state index in [-0.39, 0.29) is 11.5 Å². The molecule has 0 radical (unpaired) electrons. The van der Waals surface area contributed by atoms with Gasteiger partial charge >= 0.3 is 0 Å². The lowest BCUT2D eigenvalue weighted by Crippen LogP contribution is -2.37. The summed E-state index contributed by atoms with van der Waals surface area (Å²) in [6, 6.07) is 2.16. The average Bonchev–Trinajstić information content (AvgIpc) is 3.15. The molecule has 112 valence electrons. The Kier molecular flexibility index (Phi) is 4.31. The van der Waals surface area contributed by atoms with Crippen molar-refractivity contribution in [3.8, 4) is 0 Å². The molecule has 1 atom stereocenters. The van der Waals surface area contributed by atoms with Gasteiger partial charge in [0.05, 0.1) is 11.7 Å². The van der Waals surface area contributed by atoms with Gasteiger partial charge in [0.1, 0.15) is 4.83 Å². The van der Waals surface area contributed by atoms with Crippen LogP contribution >= 0.6 is 11.3 Å². The third-order valence-corrected chi connectivity index (χ3v) is 4.56. The predicted octanol–water partition coefficient (Wildman–Crippen LogP) is 0.716. The van der Waals surface area contributed by atoms with Gasteiger partial charge in [-0.15, -0.1) is 11.3 Å². The zero-order valence-corrected chi connectivity index (χ0v) is 12.5. The fourth-order valence-electron chi connectivity index (χ4n) is 2.53. The predicted molar refractivity (Wildman–Crippen MR) is 82.5 cm³/mol. The molecule has 6 nitrogen and oxygen atoms in total. The van der Waals surface area contributed by atoms with Gasteiger partial charge in [-0.3, -0.25) is 14.2 Å². The molecule has 21 heavy (non-hydrogen) atoms. The molecule has 0 aliphatic carbocycles. The van der Waals surface area contributed by atoms with Crippen molar-refractivity contribution in [2.24, 2.45) is 0 Å². The van der Waals surface area contributed by atoms with Gasteiger partial charge in [0.25, 0.3) is 5.56 Å². The van der Waals surface area contributed by atoms with Crippen LogP contribution in [0.25, 0.3) is 10.2 Å². The number of amides is 1. The Morgan fingerprint density at radius 3 is 3.29 bits per heavy atom. The first kappa shape index (κ1) is 14.2. The third-order valence-electron chi connectivity index (χ3n) is 3.74. The van der Waals surface area contributed by atoms with E-state index in [4.69, 9.17) is 0 Å². The van der Waals surface area contributed by atoms with Crippen molar-refractivity contribution in [1.29, 1.82) is 0 Å². The van der Waals surface area contributed by atoms with Gasteiger partial charge in [0.2, 0.25) is 5.91 Å². The number of carbonyl (C=O) groups excluding carboxylic acids is 1. The van der Waals surface area contributed by atoms with E-state index < -0.39 is 0 Å². The summed E-state index contributed by atoms with van der Waals surface area (Å²) in [5.41, 5.74) is -0.0773. The maximum atomic E-state index is 12.2. The van der Waals surface area contributed by atoms with Crippen LogP contribution in [0.5, 0.6) is 0 Å². The minimum Gasteiger partial charge on any atom is -0.354 e. The van der Waals surface area contributed by atoms with Crippen LogP contribution in [0.2, 0.25) is 0 Å². The van der Waals surface area contributed by atoms with Crippen LogP contribution in [-0.4, -0.2) is 34.6 Å². The lowest BCUT2D eigenvalue weighted by Gasteiger charge is -2.11. The van der Waals surface area contributed by atoms with E-state index in [9.17, 15) is 9.59 Å². The van der Waals surface area contributed by atoms with Gasteiger partial charge in [-0.25, -0.2) is 4.98 Å². The van der Waals surface area contributed by atoms with Crippen LogP contribution in [0.4, 0.5) is 0 Å². The highest BCUT2D eigenvalue weighted by Gasteiger charge is 2.14. The van der Waals surface area contributed by atoms with Gasteiger partial charge in [-0.2, -0.15) is 0 Å². The maximum absolute atomic E-state index is 12.2. The number of aromatic nitrogens is 2. The quantitative estimate of drug-likeness (QED) is 0.853. The second-order valence-electron chi connectivity index (χ2n) is 5.23. The van der Waals surface area contributed by atoms with Crippen LogP contribution in [0.1, 0.15) is 19.3 Å². The van der Waals surface area contributed by atoms with Crippen molar-refractivity contribution in [3.63, 3.8) is 0 Å². The molecule has 1 unspecified atom stereocenters. The second-order valence-corrected chi connectivity index (χ2v) is 6.12. The van der Waals surface area contributed by atoms with E-state index in [2.05, 4.69) is 15.6 Å². The molecule has 0 aromatic carbocycles. The summed E-state index contributed by atoms with van der Waals surface area (Å²) in [5, 5.41) is 8.72. The normalized spacial score (nSPS) is 18.2. The molecular formula is C14H18N4O2S. The van der Waals surface area contributed by atoms with Gasteiger partial charge in [0.15, 0.2) is 0 Å². The average molecular weight is 306 g/mol. The molecule has 3 rings (SSSR count). The lowest BCUT2D eigenvalue weighted by atomic mass is 10.2.